The summed E-state index contributed by atoms with van der Waals surface area (Å²) in [6, 6.07) is 8.61. The third-order valence-corrected chi connectivity index (χ3v) is 6.44. The van der Waals surface area contributed by atoms with Crippen LogP contribution < -0.4 is 0 Å². The fourth-order valence-corrected chi connectivity index (χ4v) is 4.95. The minimum absolute atomic E-state index is 0.175. The van der Waals surface area contributed by atoms with Crippen molar-refractivity contribution in [1.82, 2.24) is 9.29 Å². The monoisotopic (exact) mass is 350 g/mol. The molecular formula is C17H19ClN2O2S. The fraction of sp³-hybridized carbons (Fsp3) is 0.353. The number of rotatable bonds is 3. The quantitative estimate of drug-likeness (QED) is 0.789. The molecular weight excluding hydrogens is 332 g/mol. The predicted octanol–water partition coefficient (Wildman–Crippen LogP) is 3.88. The third kappa shape index (κ3) is 3.13. The topological polar surface area (TPSA) is 50.3 Å². The van der Waals surface area contributed by atoms with Crippen molar-refractivity contribution in [3.8, 4) is 0 Å². The lowest BCUT2D eigenvalue weighted by atomic mass is 10.0. The van der Waals surface area contributed by atoms with Crippen molar-refractivity contribution in [2.24, 2.45) is 0 Å². The number of nitrogens with zero attached hydrogens (tertiary/aromatic N) is 2. The van der Waals surface area contributed by atoms with Gasteiger partial charge in [-0.2, -0.15) is 4.31 Å². The number of sulfonamides is 1. The van der Waals surface area contributed by atoms with Crippen LogP contribution in [0.5, 0.6) is 0 Å². The van der Waals surface area contributed by atoms with Crippen LogP contribution in [0, 0.1) is 13.8 Å². The molecule has 6 heteroatoms. The highest BCUT2D eigenvalue weighted by atomic mass is 35.5. The van der Waals surface area contributed by atoms with E-state index in [1.165, 1.54) is 0 Å². The summed E-state index contributed by atoms with van der Waals surface area (Å²) < 4.78 is 27.6. The Kier molecular flexibility index (Phi) is 4.45. The largest absolute Gasteiger partial charge is 0.244 e. The maximum atomic E-state index is 13.0. The summed E-state index contributed by atoms with van der Waals surface area (Å²) in [7, 11) is -3.51. The standard InChI is InChI=1S/C17H19ClN2O2S/c1-12-5-7-14(8-6-12)23(21,22)20-9-3-4-16(20)15-11-19-17(18)10-13(15)2/h5-8,10-11,16H,3-4,9H2,1-2H3/t16-/m1/s1. The first kappa shape index (κ1) is 16.4. The Balaban J connectivity index is 1.99. The van der Waals surface area contributed by atoms with Crippen molar-refractivity contribution in [3.63, 3.8) is 0 Å². The van der Waals surface area contributed by atoms with Gasteiger partial charge < -0.3 is 0 Å². The van der Waals surface area contributed by atoms with E-state index in [0.717, 1.165) is 29.5 Å². The lowest BCUT2D eigenvalue weighted by Gasteiger charge is -2.25. The summed E-state index contributed by atoms with van der Waals surface area (Å²) in [6.07, 6.45) is 3.35. The lowest BCUT2D eigenvalue weighted by Crippen LogP contribution is -2.31. The van der Waals surface area contributed by atoms with E-state index in [1.54, 1.807) is 28.7 Å². The molecule has 1 saturated heterocycles. The Morgan fingerprint density at radius 3 is 2.57 bits per heavy atom. The van der Waals surface area contributed by atoms with Crippen molar-refractivity contribution in [3.05, 3.63) is 58.4 Å². The Morgan fingerprint density at radius 2 is 1.91 bits per heavy atom. The zero-order valence-corrected chi connectivity index (χ0v) is 14.7. The van der Waals surface area contributed by atoms with E-state index < -0.39 is 10.0 Å². The van der Waals surface area contributed by atoms with E-state index >= 15 is 0 Å². The maximum absolute atomic E-state index is 13.0. The van der Waals surface area contributed by atoms with Crippen molar-refractivity contribution in [2.45, 2.75) is 37.6 Å². The molecule has 1 fully saturated rings. The number of aromatic nitrogens is 1. The Bertz CT molecular complexity index is 819. The van der Waals surface area contributed by atoms with E-state index in [9.17, 15) is 8.42 Å². The zero-order chi connectivity index (χ0) is 16.6. The second-order valence-electron chi connectivity index (χ2n) is 5.95. The minimum atomic E-state index is -3.51. The van der Waals surface area contributed by atoms with Crippen LogP contribution in [0.15, 0.2) is 41.4 Å². The van der Waals surface area contributed by atoms with Gasteiger partial charge in [0, 0.05) is 12.7 Å². The summed E-state index contributed by atoms with van der Waals surface area (Å²) in [4.78, 5) is 4.47. The van der Waals surface area contributed by atoms with Crippen LogP contribution in [-0.4, -0.2) is 24.3 Å². The number of aryl methyl sites for hydroxylation is 2. The molecule has 0 saturated carbocycles. The van der Waals surface area contributed by atoms with Gasteiger partial charge in [-0.3, -0.25) is 0 Å². The van der Waals surface area contributed by atoms with Gasteiger partial charge in [0.25, 0.3) is 0 Å². The summed E-state index contributed by atoms with van der Waals surface area (Å²) in [5, 5.41) is 0.428. The number of hydrogen-bond acceptors (Lipinski definition) is 3. The molecule has 2 heterocycles. The van der Waals surface area contributed by atoms with Crippen LogP contribution in [0.3, 0.4) is 0 Å². The molecule has 1 aliphatic rings. The first-order chi connectivity index (χ1) is 10.9. The van der Waals surface area contributed by atoms with E-state index in [2.05, 4.69) is 4.98 Å². The molecule has 0 radical (unpaired) electrons. The van der Waals surface area contributed by atoms with Crippen molar-refractivity contribution in [2.75, 3.05) is 6.54 Å². The van der Waals surface area contributed by atoms with E-state index in [1.807, 2.05) is 26.0 Å². The van der Waals surface area contributed by atoms with Crippen LogP contribution in [0.1, 0.15) is 35.6 Å². The fourth-order valence-electron chi connectivity index (χ4n) is 3.07. The van der Waals surface area contributed by atoms with Gasteiger partial charge in [-0.15, -0.1) is 0 Å². The Labute approximate surface area is 142 Å². The van der Waals surface area contributed by atoms with E-state index in [0.29, 0.717) is 16.6 Å². The molecule has 0 bridgehead atoms. The van der Waals surface area contributed by atoms with Crippen LogP contribution in [0.4, 0.5) is 0 Å². The average molecular weight is 351 g/mol. The van der Waals surface area contributed by atoms with Crippen LogP contribution in [0.2, 0.25) is 5.15 Å². The molecule has 2 aromatic rings. The molecule has 4 nitrogen and oxygen atoms in total. The molecule has 1 aromatic carbocycles. The molecule has 23 heavy (non-hydrogen) atoms. The van der Waals surface area contributed by atoms with E-state index in [4.69, 9.17) is 11.6 Å². The normalized spacial score (nSPS) is 19.2. The van der Waals surface area contributed by atoms with Crippen LogP contribution in [0.25, 0.3) is 0 Å². The molecule has 0 amide bonds. The van der Waals surface area contributed by atoms with Crippen LogP contribution >= 0.6 is 11.6 Å². The number of hydrogen-bond donors (Lipinski definition) is 0. The average Bonchev–Trinajstić information content (AvgIpc) is 2.97. The van der Waals surface area contributed by atoms with Gasteiger partial charge in [0.15, 0.2) is 0 Å². The molecule has 1 aromatic heterocycles. The molecule has 0 aliphatic carbocycles. The minimum Gasteiger partial charge on any atom is -0.244 e. The number of benzene rings is 1. The third-order valence-electron chi connectivity index (χ3n) is 4.31. The second-order valence-corrected chi connectivity index (χ2v) is 8.23. The van der Waals surface area contributed by atoms with Gasteiger partial charge in [-0.1, -0.05) is 29.3 Å². The highest BCUT2D eigenvalue weighted by Gasteiger charge is 2.36. The van der Waals surface area contributed by atoms with Gasteiger partial charge in [0.05, 0.1) is 10.9 Å². The number of pyridine rings is 1. The highest BCUT2D eigenvalue weighted by Crippen LogP contribution is 2.37. The SMILES string of the molecule is Cc1ccc(S(=O)(=O)N2CCC[C@@H]2c2cnc(Cl)cc2C)cc1. The summed E-state index contributed by atoms with van der Waals surface area (Å²) in [5.41, 5.74) is 2.95. The summed E-state index contributed by atoms with van der Waals surface area (Å²) in [6.45, 7) is 4.42. The lowest BCUT2D eigenvalue weighted by molar-refractivity contribution is 0.395. The van der Waals surface area contributed by atoms with Crippen LogP contribution in [-0.2, 0) is 10.0 Å². The second kappa shape index (κ2) is 6.23. The van der Waals surface area contributed by atoms with E-state index in [-0.39, 0.29) is 6.04 Å². The zero-order valence-electron chi connectivity index (χ0n) is 13.2. The molecule has 122 valence electrons. The van der Waals surface area contributed by atoms with Gasteiger partial charge in [0.1, 0.15) is 5.15 Å². The first-order valence-corrected chi connectivity index (χ1v) is 9.42. The Morgan fingerprint density at radius 1 is 1.22 bits per heavy atom. The van der Waals surface area contributed by atoms with Crippen molar-refractivity contribution in [1.29, 1.82) is 0 Å². The molecule has 1 aliphatic heterocycles. The van der Waals surface area contributed by atoms with Crippen molar-refractivity contribution >= 4 is 21.6 Å². The smallest absolute Gasteiger partial charge is 0.243 e. The highest BCUT2D eigenvalue weighted by molar-refractivity contribution is 7.89. The van der Waals surface area contributed by atoms with Gasteiger partial charge >= 0.3 is 0 Å². The number of halogens is 1. The summed E-state index contributed by atoms with van der Waals surface area (Å²) in [5.74, 6) is 0. The first-order valence-electron chi connectivity index (χ1n) is 7.60. The van der Waals surface area contributed by atoms with Gasteiger partial charge in [-0.05, 0) is 56.0 Å². The Hall–Kier alpha value is -1.43. The van der Waals surface area contributed by atoms with Crippen molar-refractivity contribution < 1.29 is 8.42 Å². The summed E-state index contributed by atoms with van der Waals surface area (Å²) >= 11 is 5.92. The molecule has 0 N–H and O–H groups in total. The molecule has 1 atom stereocenters. The van der Waals surface area contributed by atoms with Gasteiger partial charge in [-0.25, -0.2) is 13.4 Å². The molecule has 0 spiro atoms. The predicted molar refractivity (Wildman–Crippen MR) is 91.0 cm³/mol. The molecule has 0 unspecified atom stereocenters. The van der Waals surface area contributed by atoms with Gasteiger partial charge in [0.2, 0.25) is 10.0 Å². The molecule has 3 rings (SSSR count). The maximum Gasteiger partial charge on any atom is 0.243 e.